The Balaban J connectivity index is 0.000000187. The van der Waals surface area contributed by atoms with E-state index in [1.54, 1.807) is 148 Å². The van der Waals surface area contributed by atoms with Gasteiger partial charge in [-0.3, -0.25) is 52.4 Å². The van der Waals surface area contributed by atoms with Crippen LogP contribution >= 0.6 is 11.6 Å². The number of methoxy groups -OCH3 is 5. The van der Waals surface area contributed by atoms with Crippen LogP contribution in [-0.4, -0.2) is 180 Å². The topological polar surface area (TPSA) is 301 Å². The molecule has 1 saturated heterocycles. The fourth-order valence-corrected chi connectivity index (χ4v) is 15.0. The minimum atomic E-state index is -0.913. The van der Waals surface area contributed by atoms with Gasteiger partial charge in [0.25, 0.3) is 0 Å². The van der Waals surface area contributed by atoms with Gasteiger partial charge in [0.05, 0.1) is 162 Å². The standard InChI is InChI=1S/C26H32N2O4.C25H30FN3O3.C22H24ClN3O3.C22H30N2O4.C20H28N2O3/c1-18(2)32-25-13-8-7-10-21(25)16-28-24(20-11-9-12-23(14-20)30-6)15-22(27-28)17-31-26(4,5)19(3)29;1-17(30)25(2,3)32-16-19-14-24(18-9-7-10-20(13-18)31-6)29(27-19)15-21-22(26)11-8-12-23(21)28(4)5;1-15(27)22(2,3)29-14-17-12-21(16-7-5-8-18(11-16)28-4)26(25-17)13-20-19(23)9-6-10-24-20;1-16(25)22(2,3)28-15-19-13-21(18-6-5-7-20(12-18)26-4)24(23-19)14-17-8-10-27-11-9-17;1-14(2)12-22-19(16-8-7-9-18(10-16)24-6)11-17(21-22)13-25-20(4,5)15(3)23/h7-15,18H,16-17H2,1-6H3;7-14H,15-16H2,1-6H3;5-12H,13-14H2,1-4H3;5-7,12-13,17H,8-11,14-15H2,1-4H3;7-11,14H,12-13H2,1-6H3. The van der Waals surface area contributed by atoms with E-state index in [2.05, 4.69) is 39.8 Å². The second-order valence-electron chi connectivity index (χ2n) is 39.2. The SMILES string of the molecule is COc1cccc(-c2cc(COC(C)(C)C(C)=O)nn2CC(C)C)c1.COc1cccc(-c2cc(COC(C)(C)C(C)=O)nn2CC2CCOCC2)c1.COc1cccc(-c2cc(COC(C)(C)C(C)=O)nn2Cc2c(F)cccc2N(C)C)c1.COc1cccc(-c2cc(COC(C)(C)C(C)=O)nn2Cc2ccccc2OC(C)C)c1.COc1cccc(-c2cc(COC(C)(C)C(C)=O)nn2Cc2ncccc2Cl)c1. The maximum Gasteiger partial charge on any atom is 0.161 e. The number of hydrogen-bond acceptors (Lipinski definition) is 24. The van der Waals surface area contributed by atoms with Crippen molar-refractivity contribution in [3.63, 3.8) is 0 Å². The molecule has 14 rings (SSSR count). The molecule has 780 valence electrons. The van der Waals surface area contributed by atoms with E-state index in [1.807, 2.05) is 223 Å². The molecule has 1 aliphatic rings. The Kier molecular flexibility index (Phi) is 41.3. The van der Waals surface area contributed by atoms with Gasteiger partial charge < -0.3 is 61.7 Å². The molecule has 0 amide bonds. The van der Waals surface area contributed by atoms with Crippen molar-refractivity contribution in [2.45, 2.75) is 244 Å². The van der Waals surface area contributed by atoms with E-state index in [9.17, 15) is 28.4 Å². The lowest BCUT2D eigenvalue weighted by Crippen LogP contribution is -2.32. The summed E-state index contributed by atoms with van der Waals surface area (Å²) in [5, 5.41) is 24.2. The summed E-state index contributed by atoms with van der Waals surface area (Å²) in [6.07, 6.45) is 3.86. The van der Waals surface area contributed by atoms with E-state index in [0.29, 0.717) is 65.9 Å². The van der Waals surface area contributed by atoms with Crippen LogP contribution in [0.1, 0.15) is 190 Å². The number of hydrogen-bond donors (Lipinski definition) is 0. The molecule has 29 nitrogen and oxygen atoms in total. The van der Waals surface area contributed by atoms with Gasteiger partial charge in [-0.1, -0.05) is 110 Å². The number of carbonyl (C=O) groups excluding carboxylic acids is 5. The van der Waals surface area contributed by atoms with Crippen LogP contribution in [0, 0.1) is 17.7 Å². The van der Waals surface area contributed by atoms with Crippen molar-refractivity contribution in [2.24, 2.45) is 11.8 Å². The minimum absolute atomic E-state index is 0.00197. The van der Waals surface area contributed by atoms with Gasteiger partial charge >= 0.3 is 0 Å². The van der Waals surface area contributed by atoms with Gasteiger partial charge in [-0.2, -0.15) is 25.5 Å². The number of carbonyl (C=O) groups is 5. The Hall–Kier alpha value is -13.3. The Morgan fingerprint density at radius 2 is 0.726 bits per heavy atom. The zero-order valence-corrected chi connectivity index (χ0v) is 90.2. The average Bonchev–Trinajstić information content (AvgIpc) is 1.63. The summed E-state index contributed by atoms with van der Waals surface area (Å²) in [6.45, 7) is 39.3. The van der Waals surface area contributed by atoms with Gasteiger partial charge in [0, 0.05) is 91.2 Å². The van der Waals surface area contributed by atoms with Crippen LogP contribution in [0.15, 0.2) is 212 Å². The number of nitrogens with zero attached hydrogens (tertiary/aromatic N) is 12. The van der Waals surface area contributed by atoms with Gasteiger partial charge in [-0.25, -0.2) is 4.39 Å². The first-order valence-corrected chi connectivity index (χ1v) is 49.3. The lowest BCUT2D eigenvalue weighted by atomic mass is 10.0. The number of pyridine rings is 1. The summed E-state index contributed by atoms with van der Waals surface area (Å²) in [5.74, 6) is 5.29. The summed E-state index contributed by atoms with van der Waals surface area (Å²) in [5.41, 5.74) is 12.1. The molecule has 146 heavy (non-hydrogen) atoms. The fraction of sp³-hybridized carbons (Fsp3) is 0.417. The molecule has 7 heterocycles. The smallest absolute Gasteiger partial charge is 0.161 e. The molecule has 0 aliphatic carbocycles. The molecule has 1 fully saturated rings. The summed E-state index contributed by atoms with van der Waals surface area (Å²) in [7, 11) is 12.0. The largest absolute Gasteiger partial charge is 0.497 e. The first kappa shape index (κ1) is 115. The maximum absolute atomic E-state index is 14.8. The normalized spacial score (nSPS) is 12.3. The molecule has 0 N–H and O–H groups in total. The van der Waals surface area contributed by atoms with E-state index in [4.69, 9.17) is 83.7 Å². The Morgan fingerprint density at radius 1 is 0.404 bits per heavy atom. The van der Waals surface area contributed by atoms with Crippen molar-refractivity contribution in [3.8, 4) is 90.8 Å². The number of anilines is 1. The van der Waals surface area contributed by atoms with E-state index in [1.165, 1.54) is 26.8 Å². The Labute approximate surface area is 863 Å². The molecule has 0 unspecified atom stereocenters. The zero-order chi connectivity index (χ0) is 107. The molecule has 0 bridgehead atoms. The minimum Gasteiger partial charge on any atom is -0.497 e. The van der Waals surface area contributed by atoms with Crippen LogP contribution < -0.4 is 33.3 Å². The third-order valence-electron chi connectivity index (χ3n) is 25.1. The number of halogens is 2. The van der Waals surface area contributed by atoms with Crippen LogP contribution in [0.25, 0.3) is 56.3 Å². The molecule has 31 heteroatoms. The van der Waals surface area contributed by atoms with Crippen molar-refractivity contribution < 1.29 is 85.2 Å². The molecule has 6 aromatic heterocycles. The van der Waals surface area contributed by atoms with E-state index in [0.717, 1.165) is 158 Å². The van der Waals surface area contributed by atoms with Crippen molar-refractivity contribution in [3.05, 3.63) is 269 Å². The number of ether oxygens (including phenoxy) is 12. The fourth-order valence-electron chi connectivity index (χ4n) is 14.8. The third-order valence-corrected chi connectivity index (χ3v) is 25.5. The van der Waals surface area contributed by atoms with Crippen LogP contribution in [0.4, 0.5) is 10.1 Å². The van der Waals surface area contributed by atoms with Crippen LogP contribution in [0.2, 0.25) is 5.02 Å². The first-order chi connectivity index (χ1) is 69.2. The van der Waals surface area contributed by atoms with Gasteiger partial charge in [0.1, 0.15) is 68.3 Å². The van der Waals surface area contributed by atoms with Crippen molar-refractivity contribution in [1.29, 1.82) is 0 Å². The lowest BCUT2D eigenvalue weighted by Gasteiger charge is -2.23. The van der Waals surface area contributed by atoms with Gasteiger partial charge in [-0.05, 0) is 264 Å². The molecular formula is C115H144ClFN12O17. The average molecular weight is 2020 g/mol. The molecule has 0 radical (unpaired) electrons. The molecule has 13 aromatic rings. The summed E-state index contributed by atoms with van der Waals surface area (Å²) >= 11 is 6.30. The van der Waals surface area contributed by atoms with E-state index in [-0.39, 0.29) is 67.2 Å². The van der Waals surface area contributed by atoms with Crippen molar-refractivity contribution in [1.82, 2.24) is 53.9 Å². The van der Waals surface area contributed by atoms with E-state index >= 15 is 0 Å². The first-order valence-electron chi connectivity index (χ1n) is 48.9. The number of ketones is 5. The van der Waals surface area contributed by atoms with Crippen molar-refractivity contribution >= 4 is 46.2 Å². The number of Topliss-reactive ketones (excluding diaryl/α,β-unsaturated/α-hetero) is 5. The highest BCUT2D eigenvalue weighted by Gasteiger charge is 2.32. The highest BCUT2D eigenvalue weighted by Crippen LogP contribution is 2.37. The van der Waals surface area contributed by atoms with E-state index < -0.39 is 28.0 Å². The quantitative estimate of drug-likeness (QED) is 0.0343. The van der Waals surface area contributed by atoms with Gasteiger partial charge in [-0.15, -0.1) is 0 Å². The molecule has 0 saturated carbocycles. The second-order valence-corrected chi connectivity index (χ2v) is 39.6. The Morgan fingerprint density at radius 3 is 1.06 bits per heavy atom. The number of para-hydroxylation sites is 1. The van der Waals surface area contributed by atoms with Gasteiger partial charge in [0.2, 0.25) is 0 Å². The lowest BCUT2D eigenvalue weighted by molar-refractivity contribution is -0.140. The van der Waals surface area contributed by atoms with Crippen LogP contribution in [0.5, 0.6) is 34.5 Å². The second kappa shape index (κ2) is 52.6. The molecule has 0 spiro atoms. The third kappa shape index (κ3) is 32.8. The number of rotatable bonds is 43. The van der Waals surface area contributed by atoms with Crippen molar-refractivity contribution in [2.75, 3.05) is 67.8 Å². The Bertz CT molecular complexity index is 6510. The predicted molar refractivity (Wildman–Crippen MR) is 567 cm³/mol. The molecule has 0 atom stereocenters. The highest BCUT2D eigenvalue weighted by atomic mass is 35.5. The summed E-state index contributed by atoms with van der Waals surface area (Å²) in [4.78, 5) is 65.0. The molecular weight excluding hydrogens is 1880 g/mol. The van der Waals surface area contributed by atoms with Crippen LogP contribution in [0.3, 0.4) is 0 Å². The predicted octanol–water partition coefficient (Wildman–Crippen LogP) is 22.5. The highest BCUT2D eigenvalue weighted by molar-refractivity contribution is 6.31. The number of benzene rings is 7. The molecule has 1 aliphatic heterocycles. The molecule has 7 aromatic carbocycles. The maximum atomic E-state index is 14.8. The summed E-state index contributed by atoms with van der Waals surface area (Å²) < 4.78 is 91.9. The monoisotopic (exact) mass is 2020 g/mol. The van der Waals surface area contributed by atoms with Crippen LogP contribution in [-0.2, 0) is 118 Å². The zero-order valence-electron chi connectivity index (χ0n) is 89.4. The summed E-state index contributed by atoms with van der Waals surface area (Å²) in [6, 6.07) is 65.7. The van der Waals surface area contributed by atoms with Gasteiger partial charge in [0.15, 0.2) is 28.9 Å². The number of aromatic nitrogens is 11.